The van der Waals surface area contributed by atoms with Gasteiger partial charge in [0.05, 0.1) is 10.7 Å². The number of nitrogens with zero attached hydrogens (tertiary/aromatic N) is 3. The number of alkyl halides is 3. The van der Waals surface area contributed by atoms with Crippen molar-refractivity contribution in [2.45, 2.75) is 26.6 Å². The van der Waals surface area contributed by atoms with E-state index >= 15 is 0 Å². The Morgan fingerprint density at radius 1 is 1.50 bits per heavy atom. The van der Waals surface area contributed by atoms with Crippen LogP contribution < -0.4 is 5.73 Å². The maximum absolute atomic E-state index is 12.7. The summed E-state index contributed by atoms with van der Waals surface area (Å²) in [5.74, 6) is -0.353. The Labute approximate surface area is 119 Å². The highest BCUT2D eigenvalue weighted by Crippen LogP contribution is 2.35. The van der Waals surface area contributed by atoms with Crippen LogP contribution in [0.1, 0.15) is 18.3 Å². The van der Waals surface area contributed by atoms with Gasteiger partial charge in [0.2, 0.25) is 5.91 Å². The minimum atomic E-state index is -4.64. The summed E-state index contributed by atoms with van der Waals surface area (Å²) in [5, 5.41) is 2.90. The highest BCUT2D eigenvalue weighted by atomic mass is 35.5. The molecule has 0 unspecified atom stereocenters. The number of amides is 1. The summed E-state index contributed by atoms with van der Waals surface area (Å²) in [6.45, 7) is 3.90. The van der Waals surface area contributed by atoms with Gasteiger partial charge in [-0.25, -0.2) is 0 Å². The number of hydrogen-bond donors (Lipinski definition) is 1. The van der Waals surface area contributed by atoms with E-state index in [1.54, 1.807) is 6.92 Å². The Morgan fingerprint density at radius 2 is 2.10 bits per heavy atom. The fourth-order valence-corrected chi connectivity index (χ4v) is 1.94. The first-order valence-corrected chi connectivity index (χ1v) is 6.38. The second kappa shape index (κ2) is 6.45. The van der Waals surface area contributed by atoms with E-state index in [9.17, 15) is 18.0 Å². The number of rotatable bonds is 5. The molecule has 0 saturated heterocycles. The zero-order valence-electron chi connectivity index (χ0n) is 11.2. The number of aromatic nitrogens is 2. The van der Waals surface area contributed by atoms with E-state index < -0.39 is 16.9 Å². The van der Waals surface area contributed by atoms with Crippen molar-refractivity contribution in [1.82, 2.24) is 14.7 Å². The monoisotopic (exact) mass is 312 g/mol. The first kappa shape index (κ1) is 16.8. The van der Waals surface area contributed by atoms with Crippen molar-refractivity contribution in [3.63, 3.8) is 0 Å². The van der Waals surface area contributed by atoms with Crippen LogP contribution in [0.3, 0.4) is 0 Å². The van der Waals surface area contributed by atoms with Crippen molar-refractivity contribution in [2.75, 3.05) is 19.6 Å². The smallest absolute Gasteiger partial charge is 0.340 e. The molecule has 0 spiro atoms. The second-order valence-electron chi connectivity index (χ2n) is 4.17. The number of nitrogens with two attached hydrogens (primary N) is 1. The Kier molecular flexibility index (Phi) is 5.41. The molecule has 1 aromatic heterocycles. The van der Waals surface area contributed by atoms with E-state index in [4.69, 9.17) is 17.3 Å². The Balaban J connectivity index is 2.96. The molecule has 1 rings (SSSR count). The highest BCUT2D eigenvalue weighted by molar-refractivity contribution is 6.32. The van der Waals surface area contributed by atoms with Gasteiger partial charge < -0.3 is 10.6 Å². The van der Waals surface area contributed by atoms with Gasteiger partial charge in [0.25, 0.3) is 0 Å². The van der Waals surface area contributed by atoms with Gasteiger partial charge in [0, 0.05) is 19.6 Å². The number of hydrogen-bond acceptors (Lipinski definition) is 3. The number of likely N-dealkylation sites (N-methyl/N-ethyl adjacent to an activating group) is 1. The molecule has 0 saturated carbocycles. The molecular weight excluding hydrogens is 297 g/mol. The summed E-state index contributed by atoms with van der Waals surface area (Å²) in [7, 11) is 0. The molecular formula is C11H16ClF3N4O. The molecule has 0 aliphatic carbocycles. The Morgan fingerprint density at radius 3 is 2.50 bits per heavy atom. The lowest BCUT2D eigenvalue weighted by Gasteiger charge is -2.20. The van der Waals surface area contributed by atoms with Crippen LogP contribution in [0.4, 0.5) is 13.2 Å². The first-order chi connectivity index (χ1) is 9.22. The summed E-state index contributed by atoms with van der Waals surface area (Å²) in [4.78, 5) is 13.4. The van der Waals surface area contributed by atoms with Crippen LogP contribution in [0.15, 0.2) is 0 Å². The fourth-order valence-electron chi connectivity index (χ4n) is 1.70. The molecule has 0 aromatic carbocycles. The van der Waals surface area contributed by atoms with Gasteiger partial charge >= 0.3 is 6.18 Å². The van der Waals surface area contributed by atoms with Crippen molar-refractivity contribution in [2.24, 2.45) is 5.73 Å². The molecule has 20 heavy (non-hydrogen) atoms. The quantitative estimate of drug-likeness (QED) is 0.899. The Bertz CT molecular complexity index is 487. The molecule has 9 heteroatoms. The molecule has 1 aromatic rings. The van der Waals surface area contributed by atoms with Crippen molar-refractivity contribution < 1.29 is 18.0 Å². The van der Waals surface area contributed by atoms with Gasteiger partial charge in [-0.3, -0.25) is 9.48 Å². The largest absolute Gasteiger partial charge is 0.436 e. The summed E-state index contributed by atoms with van der Waals surface area (Å²) in [6, 6.07) is 0. The van der Waals surface area contributed by atoms with Crippen LogP contribution >= 0.6 is 11.6 Å². The van der Waals surface area contributed by atoms with Gasteiger partial charge in [0.15, 0.2) is 5.69 Å². The van der Waals surface area contributed by atoms with Gasteiger partial charge in [-0.05, 0) is 13.8 Å². The van der Waals surface area contributed by atoms with E-state index in [1.807, 2.05) is 0 Å². The zero-order chi connectivity index (χ0) is 15.5. The maximum Gasteiger partial charge on any atom is 0.436 e. The lowest BCUT2D eigenvalue weighted by molar-refractivity contribution is -0.142. The lowest BCUT2D eigenvalue weighted by atomic mass is 10.3. The van der Waals surface area contributed by atoms with Gasteiger partial charge in [0.1, 0.15) is 6.54 Å². The molecule has 0 fully saturated rings. The normalized spacial score (nSPS) is 11.8. The molecule has 2 N–H and O–H groups in total. The summed E-state index contributed by atoms with van der Waals surface area (Å²) < 4.78 is 38.9. The topological polar surface area (TPSA) is 64.2 Å². The molecule has 0 atom stereocenters. The molecule has 0 bridgehead atoms. The van der Waals surface area contributed by atoms with Crippen molar-refractivity contribution in [3.05, 3.63) is 16.4 Å². The highest BCUT2D eigenvalue weighted by Gasteiger charge is 2.38. The van der Waals surface area contributed by atoms with Crippen LogP contribution in [-0.4, -0.2) is 40.2 Å². The predicted octanol–water partition coefficient (Wildman–Crippen LogP) is 1.67. The van der Waals surface area contributed by atoms with Crippen LogP contribution in [0, 0.1) is 6.92 Å². The van der Waals surface area contributed by atoms with Crippen LogP contribution in [0.2, 0.25) is 5.02 Å². The third-order valence-corrected chi connectivity index (χ3v) is 3.27. The number of carbonyl (C=O) groups excluding carboxylic acids is 1. The maximum atomic E-state index is 12.7. The third kappa shape index (κ3) is 3.63. The van der Waals surface area contributed by atoms with E-state index in [0.29, 0.717) is 13.1 Å². The average molecular weight is 313 g/mol. The lowest BCUT2D eigenvalue weighted by Crippen LogP contribution is -2.37. The molecule has 1 heterocycles. The van der Waals surface area contributed by atoms with E-state index in [1.165, 1.54) is 11.8 Å². The van der Waals surface area contributed by atoms with Crippen LogP contribution in [0.5, 0.6) is 0 Å². The summed E-state index contributed by atoms with van der Waals surface area (Å²) in [6.07, 6.45) is -4.64. The summed E-state index contributed by atoms with van der Waals surface area (Å²) >= 11 is 5.61. The second-order valence-corrected chi connectivity index (χ2v) is 4.54. The van der Waals surface area contributed by atoms with Gasteiger partial charge in [-0.15, -0.1) is 0 Å². The van der Waals surface area contributed by atoms with E-state index in [-0.39, 0.29) is 24.7 Å². The molecule has 0 aliphatic rings. The van der Waals surface area contributed by atoms with Crippen molar-refractivity contribution in [1.29, 1.82) is 0 Å². The molecule has 5 nitrogen and oxygen atoms in total. The average Bonchev–Trinajstić information content (AvgIpc) is 2.63. The van der Waals surface area contributed by atoms with Crippen LogP contribution in [0.25, 0.3) is 0 Å². The molecule has 0 aliphatic heterocycles. The minimum absolute atomic E-state index is 0.108. The van der Waals surface area contributed by atoms with Crippen molar-refractivity contribution >= 4 is 17.5 Å². The van der Waals surface area contributed by atoms with E-state index in [0.717, 1.165) is 4.68 Å². The fraction of sp³-hybridized carbons (Fsp3) is 0.636. The number of carbonyl (C=O) groups is 1. The van der Waals surface area contributed by atoms with E-state index in [2.05, 4.69) is 5.10 Å². The standard InChI is InChI=1S/C11H16ClF3N4O/c1-3-18(5-4-16)8(20)6-19-7(2)9(12)10(17-19)11(13,14)15/h3-6,16H2,1-2H3. The summed E-state index contributed by atoms with van der Waals surface area (Å²) in [5.41, 5.74) is 4.30. The number of halogens is 4. The zero-order valence-corrected chi connectivity index (χ0v) is 11.9. The Hall–Kier alpha value is -1.28. The van der Waals surface area contributed by atoms with Gasteiger partial charge in [-0.2, -0.15) is 18.3 Å². The molecule has 0 radical (unpaired) electrons. The minimum Gasteiger partial charge on any atom is -0.340 e. The molecule has 1 amide bonds. The molecule has 114 valence electrons. The predicted molar refractivity (Wildman–Crippen MR) is 68.3 cm³/mol. The SMILES string of the molecule is CCN(CCN)C(=O)Cn1nc(C(F)(F)F)c(Cl)c1C. The first-order valence-electron chi connectivity index (χ1n) is 6.00. The van der Waals surface area contributed by atoms with Crippen molar-refractivity contribution in [3.8, 4) is 0 Å². The van der Waals surface area contributed by atoms with Crippen LogP contribution in [-0.2, 0) is 17.5 Å². The third-order valence-electron chi connectivity index (χ3n) is 2.82. The van der Waals surface area contributed by atoms with Gasteiger partial charge in [-0.1, -0.05) is 11.6 Å².